The van der Waals surface area contributed by atoms with Crippen molar-refractivity contribution < 1.29 is 4.74 Å². The van der Waals surface area contributed by atoms with E-state index in [9.17, 15) is 0 Å². The molecular weight excluding hydrogens is 280 g/mol. The SMILES string of the molecule is COc1nnc(Cc2ccccc2C)cc1Br. The predicted molar refractivity (Wildman–Crippen MR) is 70.3 cm³/mol. The molecule has 2 aromatic rings. The Morgan fingerprint density at radius 1 is 1.24 bits per heavy atom. The first-order valence-corrected chi connectivity index (χ1v) is 6.10. The third-order valence-electron chi connectivity index (χ3n) is 2.59. The molecular formula is C13H13BrN2O. The summed E-state index contributed by atoms with van der Waals surface area (Å²) in [5, 5.41) is 8.15. The van der Waals surface area contributed by atoms with Gasteiger partial charge in [-0.25, -0.2) is 0 Å². The molecule has 0 amide bonds. The van der Waals surface area contributed by atoms with Crippen molar-refractivity contribution in [2.45, 2.75) is 13.3 Å². The number of ether oxygens (including phenoxy) is 1. The lowest BCUT2D eigenvalue weighted by Crippen LogP contribution is -1.99. The molecule has 0 aliphatic rings. The Balaban J connectivity index is 2.25. The van der Waals surface area contributed by atoms with Gasteiger partial charge in [0.25, 0.3) is 0 Å². The van der Waals surface area contributed by atoms with Crippen molar-refractivity contribution >= 4 is 15.9 Å². The molecule has 0 unspecified atom stereocenters. The first kappa shape index (κ1) is 12.0. The number of aromatic nitrogens is 2. The molecule has 0 atom stereocenters. The van der Waals surface area contributed by atoms with Gasteiger partial charge in [0.1, 0.15) is 0 Å². The average molecular weight is 293 g/mol. The first-order valence-electron chi connectivity index (χ1n) is 5.31. The second-order valence-corrected chi connectivity index (χ2v) is 4.65. The van der Waals surface area contributed by atoms with Crippen molar-refractivity contribution in [3.63, 3.8) is 0 Å². The number of hydrogen-bond donors (Lipinski definition) is 0. The van der Waals surface area contributed by atoms with Gasteiger partial charge in [0.15, 0.2) is 0 Å². The number of nitrogens with zero attached hydrogens (tertiary/aromatic N) is 2. The van der Waals surface area contributed by atoms with Gasteiger partial charge in [0, 0.05) is 6.42 Å². The van der Waals surface area contributed by atoms with Crippen LogP contribution in [0.15, 0.2) is 34.8 Å². The maximum atomic E-state index is 5.05. The summed E-state index contributed by atoms with van der Waals surface area (Å²) in [5.41, 5.74) is 3.45. The minimum atomic E-state index is 0.513. The molecule has 0 N–H and O–H groups in total. The van der Waals surface area contributed by atoms with E-state index in [-0.39, 0.29) is 0 Å². The zero-order chi connectivity index (χ0) is 12.3. The average Bonchev–Trinajstić information content (AvgIpc) is 2.32. The highest BCUT2D eigenvalue weighted by Crippen LogP contribution is 2.22. The molecule has 0 saturated heterocycles. The van der Waals surface area contributed by atoms with Crippen molar-refractivity contribution in [3.05, 3.63) is 51.6 Å². The molecule has 0 spiro atoms. The van der Waals surface area contributed by atoms with Gasteiger partial charge in [0.05, 0.1) is 17.3 Å². The highest BCUT2D eigenvalue weighted by Gasteiger charge is 2.06. The first-order chi connectivity index (χ1) is 8.20. The Bertz CT molecular complexity index is 529. The topological polar surface area (TPSA) is 35.0 Å². The van der Waals surface area contributed by atoms with Gasteiger partial charge in [0.2, 0.25) is 5.88 Å². The summed E-state index contributed by atoms with van der Waals surface area (Å²) in [6.07, 6.45) is 0.780. The van der Waals surface area contributed by atoms with E-state index in [1.54, 1.807) is 7.11 Å². The van der Waals surface area contributed by atoms with Crippen molar-refractivity contribution in [2.24, 2.45) is 0 Å². The van der Waals surface area contributed by atoms with E-state index in [0.717, 1.165) is 16.6 Å². The normalized spacial score (nSPS) is 10.3. The van der Waals surface area contributed by atoms with Crippen LogP contribution in [0.25, 0.3) is 0 Å². The lowest BCUT2D eigenvalue weighted by atomic mass is 10.0. The van der Waals surface area contributed by atoms with Crippen LogP contribution < -0.4 is 4.74 Å². The van der Waals surface area contributed by atoms with Gasteiger partial charge >= 0.3 is 0 Å². The molecule has 17 heavy (non-hydrogen) atoms. The fourth-order valence-electron chi connectivity index (χ4n) is 1.62. The Hall–Kier alpha value is -1.42. The molecule has 0 radical (unpaired) electrons. The largest absolute Gasteiger partial charge is 0.479 e. The minimum absolute atomic E-state index is 0.513. The maximum absolute atomic E-state index is 5.05. The monoisotopic (exact) mass is 292 g/mol. The van der Waals surface area contributed by atoms with Gasteiger partial charge in [-0.1, -0.05) is 24.3 Å². The van der Waals surface area contributed by atoms with Gasteiger partial charge in [-0.05, 0) is 40.0 Å². The van der Waals surface area contributed by atoms with Crippen molar-refractivity contribution in [1.29, 1.82) is 0 Å². The molecule has 4 heteroatoms. The lowest BCUT2D eigenvalue weighted by Gasteiger charge is -2.06. The molecule has 0 fully saturated rings. The zero-order valence-corrected chi connectivity index (χ0v) is 11.4. The van der Waals surface area contributed by atoms with Crippen LogP contribution in [-0.2, 0) is 6.42 Å². The molecule has 0 bridgehead atoms. The van der Waals surface area contributed by atoms with Crippen LogP contribution in [0.1, 0.15) is 16.8 Å². The summed E-state index contributed by atoms with van der Waals surface area (Å²) in [4.78, 5) is 0. The smallest absolute Gasteiger partial charge is 0.247 e. The van der Waals surface area contributed by atoms with E-state index in [0.29, 0.717) is 5.88 Å². The molecule has 3 nitrogen and oxygen atoms in total. The molecule has 88 valence electrons. The van der Waals surface area contributed by atoms with Crippen LogP contribution in [0.2, 0.25) is 0 Å². The van der Waals surface area contributed by atoms with Crippen LogP contribution in [0.4, 0.5) is 0 Å². The highest BCUT2D eigenvalue weighted by atomic mass is 79.9. The quantitative estimate of drug-likeness (QED) is 0.872. The van der Waals surface area contributed by atoms with E-state index in [1.807, 2.05) is 18.2 Å². The molecule has 2 rings (SSSR count). The van der Waals surface area contributed by atoms with Gasteiger partial charge in [-0.15, -0.1) is 5.10 Å². The van der Waals surface area contributed by atoms with Gasteiger partial charge in [-0.3, -0.25) is 0 Å². The number of hydrogen-bond acceptors (Lipinski definition) is 3. The van der Waals surface area contributed by atoms with E-state index < -0.39 is 0 Å². The van der Waals surface area contributed by atoms with Crippen LogP contribution in [-0.4, -0.2) is 17.3 Å². The molecule has 1 aromatic carbocycles. The van der Waals surface area contributed by atoms with E-state index >= 15 is 0 Å². The fourth-order valence-corrected chi connectivity index (χ4v) is 2.13. The number of benzene rings is 1. The number of aryl methyl sites for hydroxylation is 1. The van der Waals surface area contributed by atoms with Gasteiger partial charge < -0.3 is 4.74 Å². The standard InChI is InChI=1S/C13H13BrN2O/c1-9-5-3-4-6-10(9)7-11-8-12(14)13(17-2)16-15-11/h3-6,8H,7H2,1-2H3. The summed E-state index contributed by atoms with van der Waals surface area (Å²) < 4.78 is 5.89. The van der Waals surface area contributed by atoms with Crippen LogP contribution in [0.3, 0.4) is 0 Å². The molecule has 0 saturated carbocycles. The lowest BCUT2D eigenvalue weighted by molar-refractivity contribution is 0.388. The molecule has 1 aromatic heterocycles. The molecule has 0 aliphatic carbocycles. The highest BCUT2D eigenvalue weighted by molar-refractivity contribution is 9.10. The Morgan fingerprint density at radius 3 is 2.65 bits per heavy atom. The zero-order valence-electron chi connectivity index (χ0n) is 9.77. The van der Waals surface area contributed by atoms with Gasteiger partial charge in [-0.2, -0.15) is 5.10 Å². The third-order valence-corrected chi connectivity index (χ3v) is 3.16. The third kappa shape index (κ3) is 2.82. The number of halogens is 1. The van der Waals surface area contributed by atoms with E-state index in [4.69, 9.17) is 4.74 Å². The van der Waals surface area contributed by atoms with E-state index in [2.05, 4.69) is 45.2 Å². The van der Waals surface area contributed by atoms with E-state index in [1.165, 1.54) is 11.1 Å². The van der Waals surface area contributed by atoms with Crippen molar-refractivity contribution in [1.82, 2.24) is 10.2 Å². The summed E-state index contributed by atoms with van der Waals surface area (Å²) in [6, 6.07) is 10.2. The Morgan fingerprint density at radius 2 is 2.00 bits per heavy atom. The summed E-state index contributed by atoms with van der Waals surface area (Å²) in [7, 11) is 1.58. The summed E-state index contributed by atoms with van der Waals surface area (Å²) >= 11 is 3.41. The van der Waals surface area contributed by atoms with Crippen molar-refractivity contribution in [2.75, 3.05) is 7.11 Å². The molecule has 0 aliphatic heterocycles. The minimum Gasteiger partial charge on any atom is -0.479 e. The Labute approximate surface area is 109 Å². The van der Waals surface area contributed by atoms with Crippen LogP contribution >= 0.6 is 15.9 Å². The van der Waals surface area contributed by atoms with Crippen LogP contribution in [0.5, 0.6) is 5.88 Å². The predicted octanol–water partition coefficient (Wildman–Crippen LogP) is 3.15. The van der Waals surface area contributed by atoms with Crippen LogP contribution in [0, 0.1) is 6.92 Å². The fraction of sp³-hybridized carbons (Fsp3) is 0.231. The second-order valence-electron chi connectivity index (χ2n) is 3.80. The second kappa shape index (κ2) is 5.27. The maximum Gasteiger partial charge on any atom is 0.247 e. The number of methoxy groups -OCH3 is 1. The Kier molecular flexibility index (Phi) is 3.74. The summed E-state index contributed by atoms with van der Waals surface area (Å²) in [6.45, 7) is 2.10. The molecule has 1 heterocycles. The van der Waals surface area contributed by atoms with Crippen molar-refractivity contribution in [3.8, 4) is 5.88 Å². The summed E-state index contributed by atoms with van der Waals surface area (Å²) in [5.74, 6) is 0.513. The number of rotatable bonds is 3.